The molecule has 0 aromatic heterocycles. The summed E-state index contributed by atoms with van der Waals surface area (Å²) in [6.07, 6.45) is 0. The van der Waals surface area contributed by atoms with Gasteiger partial charge in [0.25, 0.3) is 0 Å². The third kappa shape index (κ3) is 5.11. The number of hydrogen-bond acceptors (Lipinski definition) is 2. The first-order valence-corrected chi connectivity index (χ1v) is 24.0. The molecule has 8 aromatic carbocycles. The lowest BCUT2D eigenvalue weighted by atomic mass is 9.73. The van der Waals surface area contributed by atoms with Gasteiger partial charge in [-0.1, -0.05) is 174 Å². The van der Waals surface area contributed by atoms with Crippen molar-refractivity contribution >= 4 is 52.6 Å². The predicted octanol–water partition coefficient (Wildman–Crippen LogP) is 14.0. The van der Waals surface area contributed by atoms with Gasteiger partial charge in [0.2, 0.25) is 0 Å². The molecule has 0 fully saturated rings. The van der Waals surface area contributed by atoms with Crippen LogP contribution in [0.25, 0.3) is 33.4 Å². The van der Waals surface area contributed by atoms with Crippen molar-refractivity contribution in [1.82, 2.24) is 0 Å². The number of nitrogens with zero attached hydrogens (tertiary/aromatic N) is 2. The highest BCUT2D eigenvalue weighted by molar-refractivity contribution is 7.03. The van der Waals surface area contributed by atoms with Crippen molar-refractivity contribution in [3.8, 4) is 33.4 Å². The second-order valence-corrected chi connectivity index (χ2v) is 22.5. The van der Waals surface area contributed by atoms with Gasteiger partial charge in [-0.25, -0.2) is 0 Å². The van der Waals surface area contributed by atoms with Gasteiger partial charge in [0.15, 0.2) is 0 Å². The number of fused-ring (bicyclic) bond motifs is 7. The Morgan fingerprint density at radius 1 is 0.322 bits per heavy atom. The molecule has 11 rings (SSSR count). The summed E-state index contributed by atoms with van der Waals surface area (Å²) in [6.45, 7) is 14.5. The van der Waals surface area contributed by atoms with Gasteiger partial charge >= 0.3 is 0 Å². The third-order valence-corrected chi connectivity index (χ3v) is 17.4. The maximum atomic E-state index is 2.52. The molecule has 0 atom stereocenters. The van der Waals surface area contributed by atoms with Crippen molar-refractivity contribution in [2.24, 2.45) is 0 Å². The molecule has 3 heterocycles. The van der Waals surface area contributed by atoms with Crippen LogP contribution in [0.1, 0.15) is 49.9 Å². The molecule has 0 bridgehead atoms. The molecule has 2 nitrogen and oxygen atoms in total. The molecule has 3 aliphatic heterocycles. The summed E-state index contributed by atoms with van der Waals surface area (Å²) in [6, 6.07) is 68.4. The molecule has 8 aromatic rings. The van der Waals surface area contributed by atoms with Crippen molar-refractivity contribution < 1.29 is 0 Å². The summed E-state index contributed by atoms with van der Waals surface area (Å²) in [4.78, 5) is 5.00. The minimum absolute atomic E-state index is 0.111. The van der Waals surface area contributed by atoms with E-state index in [0.29, 0.717) is 0 Å². The Morgan fingerprint density at radius 2 is 0.610 bits per heavy atom. The standard InChI is InChI=1S/C56H48N2Si/c1-55(2)43-21-9-15-27-49(43)57(50-28-16-10-22-44(50)55)47-25-13-7-19-39(47)37-31-33-53-41(35-37)42-36-38(32-34-54(42)59(53,5)6)40-20-8-14-26-48(40)58-51-29-17-11-23-45(51)56(3,4)46-24-12-18-30-52(46)58/h7-36H,1-6H3. The lowest BCUT2D eigenvalue weighted by Crippen LogP contribution is -2.49. The van der Waals surface area contributed by atoms with Gasteiger partial charge in [-0.2, -0.15) is 0 Å². The topological polar surface area (TPSA) is 6.48 Å². The third-order valence-electron chi connectivity index (χ3n) is 13.9. The van der Waals surface area contributed by atoms with Crippen LogP contribution in [-0.2, 0) is 10.8 Å². The van der Waals surface area contributed by atoms with Crippen molar-refractivity contribution in [1.29, 1.82) is 0 Å². The number of benzene rings is 8. The summed E-state index contributed by atoms with van der Waals surface area (Å²) < 4.78 is 0. The summed E-state index contributed by atoms with van der Waals surface area (Å²) in [5.41, 5.74) is 20.2. The molecule has 286 valence electrons. The second kappa shape index (κ2) is 12.8. The van der Waals surface area contributed by atoms with Crippen molar-refractivity contribution in [3.63, 3.8) is 0 Å². The zero-order valence-corrected chi connectivity index (χ0v) is 35.7. The fraction of sp³-hybridized carbons (Fsp3) is 0.143. The maximum Gasteiger partial charge on any atom is 0.113 e. The van der Waals surface area contributed by atoms with Crippen molar-refractivity contribution in [2.45, 2.75) is 51.6 Å². The van der Waals surface area contributed by atoms with Gasteiger partial charge in [-0.05, 0) is 103 Å². The smallest absolute Gasteiger partial charge is 0.113 e. The minimum Gasteiger partial charge on any atom is -0.309 e. The molecule has 0 radical (unpaired) electrons. The molecule has 59 heavy (non-hydrogen) atoms. The first-order chi connectivity index (χ1) is 28.6. The summed E-state index contributed by atoms with van der Waals surface area (Å²) >= 11 is 0. The highest BCUT2D eigenvalue weighted by Crippen LogP contribution is 2.55. The maximum absolute atomic E-state index is 2.52. The van der Waals surface area contributed by atoms with Crippen LogP contribution in [0.15, 0.2) is 182 Å². The molecule has 0 saturated carbocycles. The molecule has 0 saturated heterocycles. The van der Waals surface area contributed by atoms with Gasteiger partial charge < -0.3 is 9.80 Å². The van der Waals surface area contributed by atoms with E-state index in [0.717, 1.165) is 0 Å². The van der Waals surface area contributed by atoms with Gasteiger partial charge in [-0.3, -0.25) is 0 Å². The molecule has 0 amide bonds. The van der Waals surface area contributed by atoms with Crippen LogP contribution in [0.3, 0.4) is 0 Å². The summed E-state index contributed by atoms with van der Waals surface area (Å²) in [5.74, 6) is 0. The van der Waals surface area contributed by atoms with Gasteiger partial charge in [0, 0.05) is 22.0 Å². The monoisotopic (exact) mass is 776 g/mol. The lowest BCUT2D eigenvalue weighted by molar-refractivity contribution is 0.632. The van der Waals surface area contributed by atoms with E-state index in [1.807, 2.05) is 0 Å². The van der Waals surface area contributed by atoms with E-state index in [9.17, 15) is 0 Å². The van der Waals surface area contributed by atoms with E-state index in [1.54, 1.807) is 0 Å². The van der Waals surface area contributed by atoms with Crippen LogP contribution in [0, 0.1) is 0 Å². The highest BCUT2D eigenvalue weighted by atomic mass is 28.3. The first-order valence-electron chi connectivity index (χ1n) is 21.0. The van der Waals surface area contributed by atoms with Gasteiger partial charge in [0.1, 0.15) is 8.07 Å². The van der Waals surface area contributed by atoms with Gasteiger partial charge in [-0.15, -0.1) is 0 Å². The Bertz CT molecular complexity index is 2700. The van der Waals surface area contributed by atoms with Crippen molar-refractivity contribution in [2.75, 3.05) is 9.80 Å². The van der Waals surface area contributed by atoms with Crippen LogP contribution in [0.2, 0.25) is 13.1 Å². The van der Waals surface area contributed by atoms with Crippen molar-refractivity contribution in [3.05, 3.63) is 204 Å². The van der Waals surface area contributed by atoms with Crippen LogP contribution in [0.4, 0.5) is 34.1 Å². The molecular formula is C56H48N2Si. The van der Waals surface area contributed by atoms with E-state index in [4.69, 9.17) is 0 Å². The number of rotatable bonds is 4. The Hall–Kier alpha value is -6.42. The number of para-hydroxylation sites is 6. The fourth-order valence-corrected chi connectivity index (χ4v) is 13.8. The van der Waals surface area contributed by atoms with Crippen LogP contribution < -0.4 is 20.2 Å². The Labute approximate surface area is 350 Å². The molecular weight excluding hydrogens is 729 g/mol. The van der Waals surface area contributed by atoms with E-state index in [1.165, 1.54) is 100 Å². The quantitative estimate of drug-likeness (QED) is 0.164. The number of anilines is 6. The largest absolute Gasteiger partial charge is 0.309 e. The summed E-state index contributed by atoms with van der Waals surface area (Å²) in [7, 11) is -1.96. The lowest BCUT2D eigenvalue weighted by Gasteiger charge is -2.42. The van der Waals surface area contributed by atoms with Crippen LogP contribution in [0.5, 0.6) is 0 Å². The second-order valence-electron chi connectivity index (χ2n) is 18.2. The summed E-state index contributed by atoms with van der Waals surface area (Å²) in [5, 5.41) is 3.02. The normalized spacial score (nSPS) is 16.0. The van der Waals surface area contributed by atoms with E-state index < -0.39 is 8.07 Å². The molecule has 3 heteroatoms. The highest BCUT2D eigenvalue weighted by Gasteiger charge is 2.41. The molecule has 0 aliphatic carbocycles. The van der Waals surface area contributed by atoms with E-state index >= 15 is 0 Å². The zero-order valence-electron chi connectivity index (χ0n) is 34.7. The van der Waals surface area contributed by atoms with Crippen LogP contribution in [-0.4, -0.2) is 8.07 Å². The Morgan fingerprint density at radius 3 is 0.949 bits per heavy atom. The molecule has 0 spiro atoms. The first kappa shape index (κ1) is 35.7. The predicted molar refractivity (Wildman–Crippen MR) is 253 cm³/mol. The van der Waals surface area contributed by atoms with E-state index in [2.05, 4.69) is 233 Å². The van der Waals surface area contributed by atoms with Crippen LogP contribution >= 0.6 is 0 Å². The molecule has 3 aliphatic rings. The Kier molecular flexibility index (Phi) is 7.74. The Balaban J connectivity index is 1.06. The molecule has 0 unspecified atom stereocenters. The molecule has 0 N–H and O–H groups in total. The SMILES string of the molecule is CC1(C)c2ccccc2N(c2ccccc2-c2ccc3c(c2)-c2cc(-c4ccccc4N4c5ccccc5C(C)(C)c5ccccc54)ccc2[Si]3(C)C)c2ccccc21. The minimum atomic E-state index is -1.96. The fourth-order valence-electron chi connectivity index (χ4n) is 10.8. The van der Waals surface area contributed by atoms with E-state index in [-0.39, 0.29) is 10.8 Å². The van der Waals surface area contributed by atoms with Gasteiger partial charge in [0.05, 0.1) is 34.1 Å². The number of hydrogen-bond donors (Lipinski definition) is 0. The average molecular weight is 777 g/mol. The average Bonchev–Trinajstić information content (AvgIpc) is 3.49. The zero-order chi connectivity index (χ0) is 40.3.